The van der Waals surface area contributed by atoms with Crippen molar-refractivity contribution < 1.29 is 0 Å². The van der Waals surface area contributed by atoms with Gasteiger partial charge in [0.15, 0.2) is 0 Å². The van der Waals surface area contributed by atoms with Crippen LogP contribution in [0, 0.1) is 0 Å². The molecule has 268 valence electrons. The van der Waals surface area contributed by atoms with E-state index in [9.17, 15) is 0 Å². The van der Waals surface area contributed by atoms with Gasteiger partial charge in [0.1, 0.15) is 0 Å². The van der Waals surface area contributed by atoms with Crippen LogP contribution in [0.15, 0.2) is 218 Å². The van der Waals surface area contributed by atoms with Gasteiger partial charge in [-0.1, -0.05) is 164 Å². The van der Waals surface area contributed by atoms with E-state index in [1.807, 2.05) is 11.3 Å². The number of anilines is 3. The van der Waals surface area contributed by atoms with Gasteiger partial charge in [0.05, 0.1) is 28.1 Å². The van der Waals surface area contributed by atoms with Gasteiger partial charge in [0.25, 0.3) is 0 Å². The van der Waals surface area contributed by atoms with Crippen molar-refractivity contribution in [1.29, 1.82) is 0 Å². The van der Waals surface area contributed by atoms with E-state index in [1.165, 1.54) is 69.8 Å². The summed E-state index contributed by atoms with van der Waals surface area (Å²) in [5, 5.41) is 5.02. The molecule has 0 fully saturated rings. The molecule has 2 nitrogen and oxygen atoms in total. The van der Waals surface area contributed by atoms with Gasteiger partial charge in [-0.15, -0.1) is 11.3 Å². The van der Waals surface area contributed by atoms with Crippen LogP contribution in [-0.4, -0.2) is 4.57 Å². The fraction of sp³-hybridized carbons (Fsp3) is 0. The first-order valence-corrected chi connectivity index (χ1v) is 20.3. The van der Waals surface area contributed by atoms with Crippen molar-refractivity contribution in [3.63, 3.8) is 0 Å². The van der Waals surface area contributed by atoms with Crippen molar-refractivity contribution >= 4 is 70.4 Å². The number of hydrogen-bond acceptors (Lipinski definition) is 2. The summed E-state index contributed by atoms with van der Waals surface area (Å²) in [4.78, 5) is 2.47. The maximum absolute atomic E-state index is 2.47. The van der Waals surface area contributed by atoms with E-state index in [0.29, 0.717) is 0 Å². The number of aromatic nitrogens is 1. The maximum Gasteiger partial charge on any atom is 0.0562 e. The van der Waals surface area contributed by atoms with E-state index in [-0.39, 0.29) is 0 Å². The molecule has 0 aliphatic rings. The van der Waals surface area contributed by atoms with Crippen LogP contribution in [0.5, 0.6) is 0 Å². The van der Waals surface area contributed by atoms with Gasteiger partial charge >= 0.3 is 0 Å². The number of thiophene rings is 1. The van der Waals surface area contributed by atoms with E-state index in [4.69, 9.17) is 0 Å². The molecule has 9 aromatic carbocycles. The van der Waals surface area contributed by atoms with E-state index < -0.39 is 0 Å². The Morgan fingerprint density at radius 3 is 1.79 bits per heavy atom. The zero-order chi connectivity index (χ0) is 37.7. The first-order valence-electron chi connectivity index (χ1n) is 19.4. The third-order valence-corrected chi connectivity index (χ3v) is 12.4. The lowest BCUT2D eigenvalue weighted by atomic mass is 9.97. The minimum atomic E-state index is 1.11. The number of para-hydroxylation sites is 3. The fourth-order valence-corrected chi connectivity index (χ4v) is 9.91. The molecule has 0 amide bonds. The van der Waals surface area contributed by atoms with Crippen molar-refractivity contribution in [2.24, 2.45) is 0 Å². The van der Waals surface area contributed by atoms with Crippen molar-refractivity contribution in [2.45, 2.75) is 0 Å². The minimum absolute atomic E-state index is 1.11. The summed E-state index contributed by atoms with van der Waals surface area (Å²) < 4.78 is 5.08. The van der Waals surface area contributed by atoms with Crippen molar-refractivity contribution in [3.05, 3.63) is 218 Å². The normalized spacial score (nSPS) is 11.5. The average molecular weight is 745 g/mol. The van der Waals surface area contributed by atoms with Crippen LogP contribution in [0.3, 0.4) is 0 Å². The van der Waals surface area contributed by atoms with Crippen LogP contribution in [0.25, 0.3) is 81.0 Å². The van der Waals surface area contributed by atoms with Gasteiger partial charge in [0.2, 0.25) is 0 Å². The number of rotatable bonds is 7. The molecule has 0 aliphatic carbocycles. The van der Waals surface area contributed by atoms with Crippen LogP contribution in [0.2, 0.25) is 0 Å². The minimum Gasteiger partial charge on any atom is -0.309 e. The van der Waals surface area contributed by atoms with Crippen molar-refractivity contribution in [1.82, 2.24) is 4.57 Å². The molecule has 3 heteroatoms. The topological polar surface area (TPSA) is 8.17 Å². The standard InChI is InChI=1S/C54H36N2S/c1-4-18-37(19-5-1)39-34-35-49(46(36-39)38-20-6-2-7-21-38)56-48-30-14-11-26-45(48)53-50(31-17-32-51(53)56)55(40-22-8-3-9-23-40)47-29-13-10-24-41(47)43-27-16-28-44-42-25-12-15-33-52(42)57-54(43)44/h1-36H. The number of nitrogens with zero attached hydrogens (tertiary/aromatic N) is 2. The Balaban J connectivity index is 1.19. The molecule has 0 unspecified atom stereocenters. The van der Waals surface area contributed by atoms with Crippen molar-refractivity contribution in [2.75, 3.05) is 4.90 Å². The fourth-order valence-electron chi connectivity index (χ4n) is 8.68. The van der Waals surface area contributed by atoms with E-state index >= 15 is 0 Å². The molecule has 2 heterocycles. The number of benzene rings is 9. The molecule has 0 N–H and O–H groups in total. The molecule has 11 aromatic rings. The quantitative estimate of drug-likeness (QED) is 0.158. The highest BCUT2D eigenvalue weighted by atomic mass is 32.1. The van der Waals surface area contributed by atoms with Crippen LogP contribution < -0.4 is 4.90 Å². The highest BCUT2D eigenvalue weighted by Crippen LogP contribution is 2.49. The summed E-state index contributed by atoms with van der Waals surface area (Å²) in [6, 6.07) is 79.3. The average Bonchev–Trinajstić information content (AvgIpc) is 3.84. The molecular formula is C54H36N2S. The highest BCUT2D eigenvalue weighted by molar-refractivity contribution is 7.26. The summed E-state index contributed by atoms with van der Waals surface area (Å²) in [5.74, 6) is 0. The smallest absolute Gasteiger partial charge is 0.0562 e. The molecule has 0 atom stereocenters. The molecule has 2 aromatic heterocycles. The van der Waals surface area contributed by atoms with Crippen LogP contribution in [0.4, 0.5) is 17.1 Å². The molecule has 0 bridgehead atoms. The lowest BCUT2D eigenvalue weighted by Crippen LogP contribution is -2.11. The first-order chi connectivity index (χ1) is 28.3. The van der Waals surface area contributed by atoms with E-state index in [0.717, 1.165) is 28.3 Å². The highest BCUT2D eigenvalue weighted by Gasteiger charge is 2.24. The lowest BCUT2D eigenvalue weighted by Gasteiger charge is -2.29. The molecule has 0 saturated carbocycles. The second kappa shape index (κ2) is 13.8. The lowest BCUT2D eigenvalue weighted by molar-refractivity contribution is 1.18. The SMILES string of the molecule is c1ccc(-c2ccc(-n3c4ccccc4c4c(N(c5ccccc5)c5ccccc5-c5cccc6c5sc5ccccc56)cccc43)c(-c3ccccc3)c2)cc1. The third kappa shape index (κ3) is 5.55. The second-order valence-electron chi connectivity index (χ2n) is 14.5. The summed E-state index contributed by atoms with van der Waals surface area (Å²) >= 11 is 1.88. The van der Waals surface area contributed by atoms with Crippen molar-refractivity contribution in [3.8, 4) is 39.1 Å². The zero-order valence-corrected chi connectivity index (χ0v) is 31.9. The first kappa shape index (κ1) is 33.2. The molecule has 0 radical (unpaired) electrons. The second-order valence-corrected chi connectivity index (χ2v) is 15.5. The summed E-state index contributed by atoms with van der Waals surface area (Å²) in [7, 11) is 0. The molecular weight excluding hydrogens is 709 g/mol. The Bertz CT molecular complexity index is 3230. The molecule has 0 aliphatic heterocycles. The van der Waals surface area contributed by atoms with E-state index in [2.05, 4.69) is 228 Å². The predicted molar refractivity (Wildman–Crippen MR) is 245 cm³/mol. The van der Waals surface area contributed by atoms with Gasteiger partial charge in [-0.05, 0) is 71.3 Å². The zero-order valence-electron chi connectivity index (χ0n) is 31.1. The van der Waals surface area contributed by atoms with Gasteiger partial charge in [0, 0.05) is 53.3 Å². The van der Waals surface area contributed by atoms with Crippen LogP contribution in [-0.2, 0) is 0 Å². The molecule has 11 rings (SSSR count). The summed E-state index contributed by atoms with van der Waals surface area (Å²) in [6.07, 6.45) is 0. The number of fused-ring (bicyclic) bond motifs is 6. The Morgan fingerprint density at radius 2 is 0.965 bits per heavy atom. The predicted octanol–water partition coefficient (Wildman–Crippen LogP) is 15.6. The third-order valence-electron chi connectivity index (χ3n) is 11.2. The van der Waals surface area contributed by atoms with Gasteiger partial charge in [-0.3, -0.25) is 0 Å². The van der Waals surface area contributed by atoms with E-state index in [1.54, 1.807) is 0 Å². The Kier molecular flexibility index (Phi) is 8.04. The molecule has 57 heavy (non-hydrogen) atoms. The van der Waals surface area contributed by atoms with Gasteiger partial charge in [-0.2, -0.15) is 0 Å². The van der Waals surface area contributed by atoms with Crippen LogP contribution >= 0.6 is 11.3 Å². The Morgan fingerprint density at radius 1 is 0.368 bits per heavy atom. The largest absolute Gasteiger partial charge is 0.309 e. The Labute approximate surface area is 335 Å². The monoisotopic (exact) mass is 744 g/mol. The number of hydrogen-bond donors (Lipinski definition) is 0. The maximum atomic E-state index is 2.47. The molecule has 0 saturated heterocycles. The summed E-state index contributed by atoms with van der Waals surface area (Å²) in [6.45, 7) is 0. The molecule has 0 spiro atoms. The van der Waals surface area contributed by atoms with Crippen LogP contribution in [0.1, 0.15) is 0 Å². The van der Waals surface area contributed by atoms with Gasteiger partial charge in [-0.25, -0.2) is 0 Å². The summed E-state index contributed by atoms with van der Waals surface area (Å²) in [5.41, 5.74) is 14.0. The Hall–Kier alpha value is -7.20. The van der Waals surface area contributed by atoms with Gasteiger partial charge < -0.3 is 9.47 Å².